The zero-order valence-electron chi connectivity index (χ0n) is 26.5. The quantitative estimate of drug-likeness (QED) is 0.164. The van der Waals surface area contributed by atoms with Crippen LogP contribution in [0.5, 0.6) is 0 Å². The lowest BCUT2D eigenvalue weighted by Gasteiger charge is -2.32. The molecule has 0 N–H and O–H groups in total. The molecule has 2 aliphatic heterocycles. The van der Waals surface area contributed by atoms with E-state index in [9.17, 15) is 19.7 Å². The highest BCUT2D eigenvalue weighted by atomic mass is 16.6. The number of esters is 2. The van der Waals surface area contributed by atoms with Crippen LogP contribution in [0.15, 0.2) is 101 Å². The maximum atomic E-state index is 13.7. The van der Waals surface area contributed by atoms with E-state index >= 15 is 0 Å². The van der Waals surface area contributed by atoms with Gasteiger partial charge in [0.2, 0.25) is 0 Å². The maximum absolute atomic E-state index is 13.7. The molecule has 2 atom stereocenters. The Bertz CT molecular complexity index is 1570. The van der Waals surface area contributed by atoms with Gasteiger partial charge in [-0.3, -0.25) is 29.7 Å². The molecule has 5 rings (SSSR count). The number of hydrogen-bond donors (Lipinski definition) is 0. The number of ether oxygens (including phenoxy) is 2. The van der Waals surface area contributed by atoms with Gasteiger partial charge in [0, 0.05) is 55.6 Å². The van der Waals surface area contributed by atoms with Crippen LogP contribution in [0.1, 0.15) is 48.9 Å². The number of rotatable bonds is 10. The van der Waals surface area contributed by atoms with Crippen LogP contribution in [-0.4, -0.2) is 78.8 Å². The van der Waals surface area contributed by atoms with Crippen LogP contribution in [0, 0.1) is 16.0 Å². The molecular weight excluding hydrogens is 584 g/mol. The van der Waals surface area contributed by atoms with Gasteiger partial charge in [0.1, 0.15) is 12.5 Å². The number of nitrogens with zero attached hydrogens (tertiary/aromatic N) is 4. The van der Waals surface area contributed by atoms with Crippen molar-refractivity contribution in [1.82, 2.24) is 9.80 Å². The molecule has 0 spiro atoms. The van der Waals surface area contributed by atoms with E-state index in [1.165, 1.54) is 30.4 Å². The number of hydrogen-bond acceptors (Lipinski definition) is 9. The Morgan fingerprint density at radius 3 is 2.24 bits per heavy atom. The lowest BCUT2D eigenvalue weighted by atomic mass is 9.75. The second-order valence-electron chi connectivity index (χ2n) is 11.7. The second-order valence-corrected chi connectivity index (χ2v) is 11.7. The Labute approximate surface area is 269 Å². The molecule has 1 saturated heterocycles. The average Bonchev–Trinajstić information content (AvgIpc) is 3.30. The van der Waals surface area contributed by atoms with E-state index in [-0.39, 0.29) is 23.9 Å². The molecule has 1 fully saturated rings. The maximum Gasteiger partial charge on any atom is 0.336 e. The molecule has 10 heteroatoms. The van der Waals surface area contributed by atoms with Gasteiger partial charge in [-0.15, -0.1) is 0 Å². The number of carbonyl (C=O) groups excluding carboxylic acids is 2. The van der Waals surface area contributed by atoms with Crippen molar-refractivity contribution < 1.29 is 24.0 Å². The molecule has 2 aliphatic rings. The SMILES string of the molecule is COC(=O)C1C(C)=NC(C)=C(C(=O)OCCN2CCCN(C(c3ccccc3)c3ccccc3)CC2)C1c1cccc([N+](=O)[O-])c1. The molecule has 0 aliphatic carbocycles. The van der Waals surface area contributed by atoms with Crippen molar-refractivity contribution in [3.63, 3.8) is 0 Å². The molecule has 46 heavy (non-hydrogen) atoms. The first-order valence-corrected chi connectivity index (χ1v) is 15.6. The number of non-ortho nitro benzene ring substituents is 1. The standard InChI is InChI=1S/C36H40N4O6/c1-25-31(35(41)45-3)33(29-16-10-17-30(24-29)40(43)44)32(26(2)37-25)36(42)46-23-22-38-18-11-19-39(21-20-38)34(27-12-6-4-7-13-27)28-14-8-5-9-15-28/h4-10,12-17,24,31,33-34H,11,18-23H2,1-3H3. The largest absolute Gasteiger partial charge is 0.468 e. The molecule has 3 aromatic carbocycles. The molecule has 0 bridgehead atoms. The molecule has 0 amide bonds. The van der Waals surface area contributed by atoms with Crippen molar-refractivity contribution in [3.8, 4) is 0 Å². The van der Waals surface area contributed by atoms with E-state index in [1.807, 2.05) is 12.1 Å². The Morgan fingerprint density at radius 2 is 1.61 bits per heavy atom. The summed E-state index contributed by atoms with van der Waals surface area (Å²) < 4.78 is 10.9. The third kappa shape index (κ3) is 7.41. The molecule has 240 valence electrons. The number of methoxy groups -OCH3 is 1. The third-order valence-corrected chi connectivity index (χ3v) is 8.80. The van der Waals surface area contributed by atoms with Crippen molar-refractivity contribution in [2.45, 2.75) is 32.2 Å². The van der Waals surface area contributed by atoms with Gasteiger partial charge in [-0.05, 0) is 43.5 Å². The summed E-state index contributed by atoms with van der Waals surface area (Å²) in [7, 11) is 1.27. The lowest BCUT2D eigenvalue weighted by molar-refractivity contribution is -0.384. The van der Waals surface area contributed by atoms with Crippen molar-refractivity contribution >= 4 is 23.3 Å². The van der Waals surface area contributed by atoms with Gasteiger partial charge >= 0.3 is 11.9 Å². The van der Waals surface area contributed by atoms with E-state index in [2.05, 4.69) is 63.3 Å². The lowest BCUT2D eigenvalue weighted by Crippen LogP contribution is -2.37. The molecule has 0 radical (unpaired) electrons. The highest BCUT2D eigenvalue weighted by Gasteiger charge is 2.42. The third-order valence-electron chi connectivity index (χ3n) is 8.80. The Kier molecular flexibility index (Phi) is 10.7. The van der Waals surface area contributed by atoms with Crippen molar-refractivity contribution in [1.29, 1.82) is 0 Å². The van der Waals surface area contributed by atoms with Gasteiger partial charge in [0.25, 0.3) is 5.69 Å². The van der Waals surface area contributed by atoms with Crippen LogP contribution in [-0.2, 0) is 19.1 Å². The molecular formula is C36H40N4O6. The Hall–Kier alpha value is -4.67. The number of aliphatic imine (C=N–C) groups is 1. The number of nitro benzene ring substituents is 1. The van der Waals surface area contributed by atoms with E-state index in [0.717, 1.165) is 32.6 Å². The summed E-state index contributed by atoms with van der Waals surface area (Å²) in [5.74, 6) is -2.92. The Morgan fingerprint density at radius 1 is 0.935 bits per heavy atom. The van der Waals surface area contributed by atoms with E-state index in [0.29, 0.717) is 23.5 Å². The first kappa shape index (κ1) is 32.7. The molecule has 2 unspecified atom stereocenters. The minimum Gasteiger partial charge on any atom is -0.468 e. The molecule has 3 aromatic rings. The second kappa shape index (κ2) is 15.1. The van der Waals surface area contributed by atoms with Gasteiger partial charge in [-0.2, -0.15) is 0 Å². The van der Waals surface area contributed by atoms with Crippen molar-refractivity contribution in [3.05, 3.63) is 123 Å². The summed E-state index contributed by atoms with van der Waals surface area (Å²) >= 11 is 0. The summed E-state index contributed by atoms with van der Waals surface area (Å²) in [6.45, 7) is 7.58. The molecule has 0 saturated carbocycles. The number of allylic oxidation sites excluding steroid dienone is 1. The zero-order valence-corrected chi connectivity index (χ0v) is 26.5. The fourth-order valence-electron chi connectivity index (χ4n) is 6.63. The topological polar surface area (TPSA) is 115 Å². The van der Waals surface area contributed by atoms with E-state index in [1.54, 1.807) is 26.0 Å². The van der Waals surface area contributed by atoms with E-state index < -0.39 is 28.7 Å². The van der Waals surface area contributed by atoms with Gasteiger partial charge in [0.15, 0.2) is 0 Å². The predicted octanol–water partition coefficient (Wildman–Crippen LogP) is 5.56. The summed E-state index contributed by atoms with van der Waals surface area (Å²) in [5, 5.41) is 11.5. The first-order valence-electron chi connectivity index (χ1n) is 15.6. The number of benzene rings is 3. The number of carbonyl (C=O) groups is 2. The summed E-state index contributed by atoms with van der Waals surface area (Å²) in [6.07, 6.45) is 0.970. The van der Waals surface area contributed by atoms with Gasteiger partial charge in [-0.1, -0.05) is 72.8 Å². The summed E-state index contributed by atoms with van der Waals surface area (Å²) in [6, 6.07) is 27.3. The molecule has 2 heterocycles. The van der Waals surface area contributed by atoms with Crippen molar-refractivity contribution in [2.24, 2.45) is 10.9 Å². The highest BCUT2D eigenvalue weighted by Crippen LogP contribution is 2.41. The summed E-state index contributed by atoms with van der Waals surface area (Å²) in [4.78, 5) is 47.0. The van der Waals surface area contributed by atoms with Gasteiger partial charge in [-0.25, -0.2) is 4.79 Å². The smallest absolute Gasteiger partial charge is 0.336 e. The van der Waals surface area contributed by atoms with Crippen LogP contribution >= 0.6 is 0 Å². The fraction of sp³-hybridized carbons (Fsp3) is 0.361. The highest BCUT2D eigenvalue weighted by molar-refractivity contribution is 6.07. The molecule has 10 nitrogen and oxygen atoms in total. The van der Waals surface area contributed by atoms with Crippen LogP contribution in [0.2, 0.25) is 0 Å². The number of nitro groups is 1. The van der Waals surface area contributed by atoms with Crippen LogP contribution < -0.4 is 0 Å². The zero-order chi connectivity index (χ0) is 32.6. The Balaban J connectivity index is 1.28. The average molecular weight is 625 g/mol. The van der Waals surface area contributed by atoms with Gasteiger partial charge < -0.3 is 9.47 Å². The van der Waals surface area contributed by atoms with Crippen molar-refractivity contribution in [2.75, 3.05) is 46.4 Å². The van der Waals surface area contributed by atoms with Crippen LogP contribution in [0.4, 0.5) is 5.69 Å². The monoisotopic (exact) mass is 624 g/mol. The fourth-order valence-corrected chi connectivity index (χ4v) is 6.63. The predicted molar refractivity (Wildman–Crippen MR) is 175 cm³/mol. The minimum atomic E-state index is -0.919. The summed E-state index contributed by atoms with van der Waals surface area (Å²) in [5.41, 5.74) is 3.92. The van der Waals surface area contributed by atoms with Crippen LogP contribution in [0.3, 0.4) is 0 Å². The molecule has 0 aromatic heterocycles. The van der Waals surface area contributed by atoms with Crippen LogP contribution in [0.25, 0.3) is 0 Å². The first-order chi connectivity index (χ1) is 22.3. The minimum absolute atomic E-state index is 0.136. The van der Waals surface area contributed by atoms with E-state index in [4.69, 9.17) is 9.47 Å². The normalized spacial score (nSPS) is 19.3. The van der Waals surface area contributed by atoms with Gasteiger partial charge in [0.05, 0.1) is 23.6 Å².